The maximum atomic E-state index is 12.0. The van der Waals surface area contributed by atoms with Gasteiger partial charge in [-0.25, -0.2) is 9.59 Å². The van der Waals surface area contributed by atoms with Crippen LogP contribution in [0.1, 0.15) is 26.2 Å². The summed E-state index contributed by atoms with van der Waals surface area (Å²) in [6.45, 7) is 2.02. The Labute approximate surface area is 158 Å². The van der Waals surface area contributed by atoms with E-state index >= 15 is 0 Å². The van der Waals surface area contributed by atoms with Crippen molar-refractivity contribution in [3.05, 3.63) is 60.2 Å². The predicted octanol–water partition coefficient (Wildman–Crippen LogP) is 4.38. The molecule has 2 aromatic carbocycles. The fraction of sp³-hybridized carbons (Fsp3) is 0.238. The first-order valence-corrected chi connectivity index (χ1v) is 8.80. The highest BCUT2D eigenvalue weighted by molar-refractivity contribution is 5.92. The molecule has 0 fully saturated rings. The van der Waals surface area contributed by atoms with Crippen LogP contribution in [0.2, 0.25) is 0 Å². The lowest BCUT2D eigenvalue weighted by molar-refractivity contribution is -0.132. The number of benzene rings is 2. The van der Waals surface area contributed by atoms with Crippen LogP contribution in [0, 0.1) is 0 Å². The number of hydrogen-bond acceptors (Lipinski definition) is 3. The monoisotopic (exact) mass is 368 g/mol. The van der Waals surface area contributed by atoms with Crippen molar-refractivity contribution in [1.29, 1.82) is 0 Å². The van der Waals surface area contributed by atoms with Crippen molar-refractivity contribution in [2.45, 2.75) is 26.2 Å². The van der Waals surface area contributed by atoms with E-state index in [-0.39, 0.29) is 5.75 Å². The van der Waals surface area contributed by atoms with E-state index in [0.29, 0.717) is 24.2 Å². The van der Waals surface area contributed by atoms with Crippen LogP contribution in [0.3, 0.4) is 0 Å². The fourth-order valence-corrected chi connectivity index (χ4v) is 2.49. The molecule has 27 heavy (non-hydrogen) atoms. The van der Waals surface area contributed by atoms with Crippen LogP contribution in [0.5, 0.6) is 5.75 Å². The summed E-state index contributed by atoms with van der Waals surface area (Å²) in [4.78, 5) is 22.7. The Hall–Kier alpha value is -3.28. The van der Waals surface area contributed by atoms with Crippen molar-refractivity contribution < 1.29 is 19.8 Å². The summed E-state index contributed by atoms with van der Waals surface area (Å²) in [5.41, 5.74) is 2.55. The third kappa shape index (κ3) is 6.51. The average Bonchev–Trinajstić information content (AvgIpc) is 2.66. The number of carboxylic acids is 1. The lowest BCUT2D eigenvalue weighted by Crippen LogP contribution is -2.29. The van der Waals surface area contributed by atoms with Crippen molar-refractivity contribution in [3.8, 4) is 16.9 Å². The maximum absolute atomic E-state index is 12.0. The quantitative estimate of drug-likeness (QED) is 0.316. The van der Waals surface area contributed by atoms with E-state index < -0.39 is 12.0 Å². The molecule has 0 radical (unpaired) electrons. The molecule has 0 atom stereocenters. The fourth-order valence-electron chi connectivity index (χ4n) is 2.49. The zero-order valence-electron chi connectivity index (χ0n) is 15.2. The molecule has 142 valence electrons. The normalized spacial score (nSPS) is 11.1. The first-order valence-electron chi connectivity index (χ1n) is 8.80. The summed E-state index contributed by atoms with van der Waals surface area (Å²) in [6, 6.07) is 14.4. The molecule has 0 saturated carbocycles. The summed E-state index contributed by atoms with van der Waals surface area (Å²) in [6.07, 6.45) is 3.84. The molecule has 0 aliphatic heterocycles. The van der Waals surface area contributed by atoms with E-state index in [1.807, 2.05) is 30.3 Å². The van der Waals surface area contributed by atoms with Crippen molar-refractivity contribution in [1.82, 2.24) is 5.32 Å². The number of amides is 2. The van der Waals surface area contributed by atoms with E-state index in [2.05, 4.69) is 10.6 Å². The maximum Gasteiger partial charge on any atom is 0.330 e. The van der Waals surface area contributed by atoms with Crippen LogP contribution in [0.15, 0.2) is 60.2 Å². The number of phenolic OH excluding ortho intramolecular Hbond substituents is 1. The standard InChI is InChI=1S/C21H24N2O4/c1-15(20(25)26)8-4-3-7-13-22-21(27)23-18-14-17(11-12-19(18)24)16-9-5-2-6-10-16/h2,5-6,8-12,14,24H,3-4,7,13H2,1H3,(H,25,26)(H2,22,23,27)/b15-8+. The van der Waals surface area contributed by atoms with Crippen molar-refractivity contribution in [3.63, 3.8) is 0 Å². The zero-order valence-corrected chi connectivity index (χ0v) is 15.2. The molecule has 6 heteroatoms. The van der Waals surface area contributed by atoms with Crippen LogP contribution in [0.4, 0.5) is 10.5 Å². The predicted molar refractivity (Wildman–Crippen MR) is 106 cm³/mol. The second-order valence-corrected chi connectivity index (χ2v) is 6.17. The number of aliphatic carboxylic acids is 1. The second kappa shape index (κ2) is 10.0. The van der Waals surface area contributed by atoms with E-state index in [4.69, 9.17) is 5.11 Å². The molecule has 0 aliphatic carbocycles. The van der Waals surface area contributed by atoms with Gasteiger partial charge in [-0.05, 0) is 49.4 Å². The Morgan fingerprint density at radius 3 is 2.48 bits per heavy atom. The SMILES string of the molecule is C/C(=C\CCCCNC(=O)Nc1cc(-c2ccccc2)ccc1O)C(=O)O. The van der Waals surface area contributed by atoms with Gasteiger partial charge < -0.3 is 20.8 Å². The van der Waals surface area contributed by atoms with Gasteiger partial charge in [-0.2, -0.15) is 0 Å². The van der Waals surface area contributed by atoms with Gasteiger partial charge >= 0.3 is 12.0 Å². The Morgan fingerprint density at radius 2 is 1.78 bits per heavy atom. The number of hydrogen-bond donors (Lipinski definition) is 4. The van der Waals surface area contributed by atoms with Gasteiger partial charge in [0.15, 0.2) is 0 Å². The van der Waals surface area contributed by atoms with Gasteiger partial charge in [0.25, 0.3) is 0 Å². The molecule has 0 bridgehead atoms. The van der Waals surface area contributed by atoms with Crippen LogP contribution < -0.4 is 10.6 Å². The molecule has 2 amide bonds. The molecule has 0 aromatic heterocycles. The molecule has 0 spiro atoms. The largest absolute Gasteiger partial charge is 0.506 e. The number of carbonyl (C=O) groups excluding carboxylic acids is 1. The molecule has 4 N–H and O–H groups in total. The minimum atomic E-state index is -0.912. The van der Waals surface area contributed by atoms with Gasteiger partial charge in [0, 0.05) is 12.1 Å². The van der Waals surface area contributed by atoms with Crippen LogP contribution in [-0.2, 0) is 4.79 Å². The minimum absolute atomic E-state index is 0.000820. The highest BCUT2D eigenvalue weighted by Gasteiger charge is 2.08. The van der Waals surface area contributed by atoms with Crippen molar-refractivity contribution in [2.24, 2.45) is 0 Å². The number of anilines is 1. The average molecular weight is 368 g/mol. The zero-order chi connectivity index (χ0) is 19.6. The molecule has 2 rings (SSSR count). The Kier molecular flexibility index (Phi) is 7.43. The molecule has 0 saturated heterocycles. The lowest BCUT2D eigenvalue weighted by Gasteiger charge is -2.11. The van der Waals surface area contributed by atoms with E-state index in [0.717, 1.165) is 24.0 Å². The van der Waals surface area contributed by atoms with Crippen LogP contribution in [0.25, 0.3) is 11.1 Å². The highest BCUT2D eigenvalue weighted by Crippen LogP contribution is 2.29. The molecule has 0 unspecified atom stereocenters. The Morgan fingerprint density at radius 1 is 1.04 bits per heavy atom. The second-order valence-electron chi connectivity index (χ2n) is 6.17. The van der Waals surface area contributed by atoms with E-state index in [1.54, 1.807) is 31.2 Å². The number of phenols is 1. The van der Waals surface area contributed by atoms with Crippen molar-refractivity contribution in [2.75, 3.05) is 11.9 Å². The van der Waals surface area contributed by atoms with Gasteiger partial charge in [0.05, 0.1) is 5.69 Å². The first kappa shape index (κ1) is 20.0. The third-order valence-corrected chi connectivity index (χ3v) is 4.06. The molecule has 0 heterocycles. The topological polar surface area (TPSA) is 98.7 Å². The number of allylic oxidation sites excluding steroid dienone is 1. The van der Waals surface area contributed by atoms with Gasteiger partial charge in [-0.15, -0.1) is 0 Å². The van der Waals surface area contributed by atoms with Gasteiger partial charge in [0.1, 0.15) is 5.75 Å². The van der Waals surface area contributed by atoms with Gasteiger partial charge in [-0.1, -0.05) is 42.5 Å². The lowest BCUT2D eigenvalue weighted by atomic mass is 10.0. The highest BCUT2D eigenvalue weighted by atomic mass is 16.4. The number of aromatic hydroxyl groups is 1. The molecule has 2 aromatic rings. The van der Waals surface area contributed by atoms with E-state index in [9.17, 15) is 14.7 Å². The number of nitrogens with one attached hydrogen (secondary N) is 2. The third-order valence-electron chi connectivity index (χ3n) is 4.06. The van der Waals surface area contributed by atoms with Crippen molar-refractivity contribution >= 4 is 17.7 Å². The van der Waals surface area contributed by atoms with Crippen LogP contribution >= 0.6 is 0 Å². The summed E-state index contributed by atoms with van der Waals surface area (Å²) in [5.74, 6) is -0.913. The first-order chi connectivity index (χ1) is 13.0. The molecular formula is C21H24N2O4. The number of carbonyl (C=O) groups is 2. The Balaban J connectivity index is 1.82. The Bertz CT molecular complexity index is 816. The number of urea groups is 1. The summed E-state index contributed by atoms with van der Waals surface area (Å²) < 4.78 is 0. The van der Waals surface area contributed by atoms with E-state index in [1.165, 1.54) is 0 Å². The van der Waals surface area contributed by atoms with Crippen LogP contribution in [-0.4, -0.2) is 28.8 Å². The summed E-state index contributed by atoms with van der Waals surface area (Å²) in [5, 5.41) is 24.1. The minimum Gasteiger partial charge on any atom is -0.506 e. The smallest absolute Gasteiger partial charge is 0.330 e. The molecule has 6 nitrogen and oxygen atoms in total. The molecular weight excluding hydrogens is 344 g/mol. The number of carboxylic acid groups (broad SMARTS) is 1. The number of unbranched alkanes of at least 4 members (excludes halogenated alkanes) is 2. The summed E-state index contributed by atoms with van der Waals surface area (Å²) in [7, 11) is 0. The number of rotatable bonds is 8. The van der Waals surface area contributed by atoms with Gasteiger partial charge in [0.2, 0.25) is 0 Å². The summed E-state index contributed by atoms with van der Waals surface area (Å²) >= 11 is 0. The molecule has 0 aliphatic rings. The van der Waals surface area contributed by atoms with Gasteiger partial charge in [-0.3, -0.25) is 0 Å².